The van der Waals surface area contributed by atoms with Crippen LogP contribution in [0.15, 0.2) is 42.5 Å². The van der Waals surface area contributed by atoms with E-state index < -0.39 is 5.97 Å². The summed E-state index contributed by atoms with van der Waals surface area (Å²) in [4.78, 5) is 11.7. The first kappa shape index (κ1) is 16.3. The molecule has 2 N–H and O–H groups in total. The molecule has 0 saturated heterocycles. The van der Waals surface area contributed by atoms with E-state index in [0.29, 0.717) is 21.4 Å². The average molecular weight is 335 g/mol. The third-order valence-electron chi connectivity index (χ3n) is 3.02. The number of ether oxygens (including phenoxy) is 1. The molecule has 6 heteroatoms. The summed E-state index contributed by atoms with van der Waals surface area (Å²) >= 11 is 11.2. The summed E-state index contributed by atoms with van der Waals surface area (Å²) in [5.74, 6) is -0.423. The van der Waals surface area contributed by atoms with E-state index in [2.05, 4.69) is 10.6 Å². The van der Waals surface area contributed by atoms with Crippen LogP contribution >= 0.6 is 23.8 Å². The lowest BCUT2D eigenvalue weighted by Crippen LogP contribution is -2.21. The molecule has 0 amide bonds. The second-order valence-corrected chi connectivity index (χ2v) is 5.42. The van der Waals surface area contributed by atoms with Gasteiger partial charge in [-0.1, -0.05) is 23.7 Å². The van der Waals surface area contributed by atoms with E-state index in [9.17, 15) is 4.79 Å². The SMILES string of the molecule is COC(=O)c1ccccc1NC(=S)Nc1ccc(Cl)cc1C. The molecule has 22 heavy (non-hydrogen) atoms. The summed E-state index contributed by atoms with van der Waals surface area (Å²) in [5, 5.41) is 7.12. The van der Waals surface area contributed by atoms with Crippen molar-refractivity contribution in [2.75, 3.05) is 17.7 Å². The minimum absolute atomic E-state index is 0.377. The Morgan fingerprint density at radius 3 is 2.50 bits per heavy atom. The molecule has 0 aliphatic heterocycles. The number of hydrogen-bond acceptors (Lipinski definition) is 3. The quantitative estimate of drug-likeness (QED) is 0.649. The zero-order chi connectivity index (χ0) is 16.1. The first-order valence-electron chi connectivity index (χ1n) is 6.52. The Balaban J connectivity index is 2.14. The maximum Gasteiger partial charge on any atom is 0.339 e. The van der Waals surface area contributed by atoms with Crippen LogP contribution in [0, 0.1) is 6.92 Å². The number of aryl methyl sites for hydroxylation is 1. The number of nitrogens with one attached hydrogen (secondary N) is 2. The molecular weight excluding hydrogens is 320 g/mol. The maximum atomic E-state index is 11.7. The van der Waals surface area contributed by atoms with E-state index >= 15 is 0 Å². The summed E-state index contributed by atoms with van der Waals surface area (Å²) in [6.45, 7) is 1.93. The maximum absolute atomic E-state index is 11.7. The van der Waals surface area contributed by atoms with Gasteiger partial charge < -0.3 is 15.4 Å². The molecule has 2 aromatic rings. The number of methoxy groups -OCH3 is 1. The molecule has 2 aromatic carbocycles. The molecular formula is C16H15ClN2O2S. The molecule has 0 fully saturated rings. The van der Waals surface area contributed by atoms with Crippen LogP contribution in [0.25, 0.3) is 0 Å². The van der Waals surface area contributed by atoms with E-state index in [-0.39, 0.29) is 0 Å². The minimum atomic E-state index is -0.423. The van der Waals surface area contributed by atoms with Crippen molar-refractivity contribution in [3.8, 4) is 0 Å². The van der Waals surface area contributed by atoms with Gasteiger partial charge >= 0.3 is 5.97 Å². The fourth-order valence-corrected chi connectivity index (χ4v) is 2.37. The van der Waals surface area contributed by atoms with Crippen molar-refractivity contribution in [1.29, 1.82) is 0 Å². The van der Waals surface area contributed by atoms with Gasteiger partial charge in [-0.15, -0.1) is 0 Å². The fourth-order valence-electron chi connectivity index (χ4n) is 1.92. The number of carbonyl (C=O) groups is 1. The van der Waals surface area contributed by atoms with Gasteiger partial charge in [0.25, 0.3) is 0 Å². The molecule has 0 saturated carbocycles. The summed E-state index contributed by atoms with van der Waals surface area (Å²) < 4.78 is 4.75. The van der Waals surface area contributed by atoms with Crippen LogP contribution in [-0.4, -0.2) is 18.2 Å². The Labute approximate surface area is 139 Å². The molecule has 0 unspecified atom stereocenters. The highest BCUT2D eigenvalue weighted by Crippen LogP contribution is 2.21. The zero-order valence-electron chi connectivity index (χ0n) is 12.1. The molecule has 0 heterocycles. The third kappa shape index (κ3) is 3.96. The van der Waals surface area contributed by atoms with Gasteiger partial charge in [-0.05, 0) is 55.0 Å². The van der Waals surface area contributed by atoms with Crippen LogP contribution in [0.4, 0.5) is 11.4 Å². The lowest BCUT2D eigenvalue weighted by molar-refractivity contribution is 0.0602. The van der Waals surface area contributed by atoms with Crippen molar-refractivity contribution in [3.63, 3.8) is 0 Å². The Bertz CT molecular complexity index is 719. The molecule has 0 aliphatic rings. The predicted molar refractivity (Wildman–Crippen MR) is 93.8 cm³/mol. The van der Waals surface area contributed by atoms with Crippen LogP contribution in [0.5, 0.6) is 0 Å². The van der Waals surface area contributed by atoms with Crippen LogP contribution < -0.4 is 10.6 Å². The number of anilines is 2. The average Bonchev–Trinajstić information content (AvgIpc) is 2.50. The van der Waals surface area contributed by atoms with Gasteiger partial charge in [-0.3, -0.25) is 0 Å². The summed E-state index contributed by atoms with van der Waals surface area (Å²) in [7, 11) is 1.34. The highest BCUT2D eigenvalue weighted by Gasteiger charge is 2.12. The largest absolute Gasteiger partial charge is 0.465 e. The van der Waals surface area contributed by atoms with Gasteiger partial charge in [0.1, 0.15) is 0 Å². The first-order chi connectivity index (χ1) is 10.5. The molecule has 4 nitrogen and oxygen atoms in total. The van der Waals surface area contributed by atoms with Gasteiger partial charge in [0, 0.05) is 10.7 Å². The van der Waals surface area contributed by atoms with E-state index in [4.69, 9.17) is 28.6 Å². The number of carbonyl (C=O) groups excluding carboxylic acids is 1. The van der Waals surface area contributed by atoms with Crippen LogP contribution in [-0.2, 0) is 4.74 Å². The van der Waals surface area contributed by atoms with E-state index in [0.717, 1.165) is 11.3 Å². The molecule has 0 atom stereocenters. The molecule has 0 bridgehead atoms. The van der Waals surface area contributed by atoms with Gasteiger partial charge in [0.15, 0.2) is 5.11 Å². The Kier molecular flexibility index (Phi) is 5.35. The van der Waals surface area contributed by atoms with Crippen LogP contribution in [0.2, 0.25) is 5.02 Å². The first-order valence-corrected chi connectivity index (χ1v) is 7.31. The summed E-state index contributed by atoms with van der Waals surface area (Å²) in [6, 6.07) is 12.5. The van der Waals surface area contributed by atoms with Crippen molar-refractivity contribution in [3.05, 3.63) is 58.6 Å². The number of halogens is 1. The number of para-hydroxylation sites is 1. The van der Waals surface area contributed by atoms with Gasteiger partial charge in [-0.2, -0.15) is 0 Å². The highest BCUT2D eigenvalue weighted by atomic mass is 35.5. The summed E-state index contributed by atoms with van der Waals surface area (Å²) in [5.41, 5.74) is 2.82. The lowest BCUT2D eigenvalue weighted by atomic mass is 10.2. The van der Waals surface area contributed by atoms with Crippen molar-refractivity contribution in [2.24, 2.45) is 0 Å². The molecule has 0 spiro atoms. The number of esters is 1. The van der Waals surface area contributed by atoms with Crippen LogP contribution in [0.1, 0.15) is 15.9 Å². The molecule has 2 rings (SSSR count). The second-order valence-electron chi connectivity index (χ2n) is 4.58. The standard InChI is InChI=1S/C16H15ClN2O2S/c1-10-9-11(17)7-8-13(10)18-16(22)19-14-6-4-3-5-12(14)15(20)21-2/h3-9H,1-2H3,(H2,18,19,22). The van der Waals surface area contributed by atoms with Crippen molar-refractivity contribution >= 4 is 46.3 Å². The third-order valence-corrected chi connectivity index (χ3v) is 3.46. The minimum Gasteiger partial charge on any atom is -0.465 e. The lowest BCUT2D eigenvalue weighted by Gasteiger charge is -2.14. The Morgan fingerprint density at radius 1 is 1.14 bits per heavy atom. The number of rotatable bonds is 3. The molecule has 0 aromatic heterocycles. The predicted octanol–water partition coefficient (Wildman–Crippen LogP) is 4.24. The molecule has 114 valence electrons. The van der Waals surface area contributed by atoms with Crippen molar-refractivity contribution in [2.45, 2.75) is 6.92 Å². The molecule has 0 radical (unpaired) electrons. The summed E-state index contributed by atoms with van der Waals surface area (Å²) in [6.07, 6.45) is 0. The van der Waals surface area contributed by atoms with Crippen molar-refractivity contribution < 1.29 is 9.53 Å². The number of benzene rings is 2. The van der Waals surface area contributed by atoms with Gasteiger partial charge in [0.05, 0.1) is 18.4 Å². The van der Waals surface area contributed by atoms with Crippen molar-refractivity contribution in [1.82, 2.24) is 0 Å². The normalized spacial score (nSPS) is 9.95. The highest BCUT2D eigenvalue weighted by molar-refractivity contribution is 7.80. The fraction of sp³-hybridized carbons (Fsp3) is 0.125. The topological polar surface area (TPSA) is 50.4 Å². The van der Waals surface area contributed by atoms with Gasteiger partial charge in [0.2, 0.25) is 0 Å². The second kappa shape index (κ2) is 7.24. The Morgan fingerprint density at radius 2 is 1.82 bits per heavy atom. The molecule has 0 aliphatic carbocycles. The Hall–Kier alpha value is -2.11. The van der Waals surface area contributed by atoms with Gasteiger partial charge in [-0.25, -0.2) is 4.79 Å². The van der Waals surface area contributed by atoms with Crippen LogP contribution in [0.3, 0.4) is 0 Å². The van der Waals surface area contributed by atoms with E-state index in [1.807, 2.05) is 25.1 Å². The monoisotopic (exact) mass is 334 g/mol. The zero-order valence-corrected chi connectivity index (χ0v) is 13.7. The van der Waals surface area contributed by atoms with E-state index in [1.54, 1.807) is 24.3 Å². The number of thiocarbonyl (C=S) groups is 1. The number of hydrogen-bond donors (Lipinski definition) is 2. The smallest absolute Gasteiger partial charge is 0.339 e. The van der Waals surface area contributed by atoms with E-state index in [1.165, 1.54) is 7.11 Å².